The maximum absolute atomic E-state index is 7.15. The minimum atomic E-state index is -2.67. The van der Waals surface area contributed by atoms with Crippen molar-refractivity contribution < 1.29 is 9.16 Å². The third kappa shape index (κ3) is 4.89. The summed E-state index contributed by atoms with van der Waals surface area (Å²) in [5.41, 5.74) is 2.25. The Hall–Kier alpha value is -3.30. The minimum absolute atomic E-state index is 0.0916. The third-order valence-electron chi connectivity index (χ3n) is 6.08. The first kappa shape index (κ1) is 22.9. The van der Waals surface area contributed by atoms with E-state index in [0.717, 1.165) is 22.6 Å². The van der Waals surface area contributed by atoms with E-state index in [9.17, 15) is 0 Å². The summed E-state index contributed by atoms with van der Waals surface area (Å²) in [6, 6.07) is 37.9. The van der Waals surface area contributed by atoms with Gasteiger partial charge in [-0.2, -0.15) is 0 Å². The van der Waals surface area contributed by atoms with E-state index in [0.29, 0.717) is 6.61 Å². The highest BCUT2D eigenvalue weighted by molar-refractivity contribution is 7.00. The van der Waals surface area contributed by atoms with Gasteiger partial charge in [-0.25, -0.2) is 0 Å². The fraction of sp³-hybridized carbons (Fsp3) is 0.200. The zero-order chi connectivity index (χ0) is 23.3. The summed E-state index contributed by atoms with van der Waals surface area (Å²) in [7, 11) is -2.67. The van der Waals surface area contributed by atoms with Gasteiger partial charge in [0, 0.05) is 6.07 Å². The molecule has 4 aromatic rings. The average molecular weight is 453 g/mol. The molecule has 0 atom stereocenters. The molecule has 0 aliphatic heterocycles. The largest absolute Gasteiger partial charge is 0.534 e. The van der Waals surface area contributed by atoms with E-state index < -0.39 is 8.32 Å². The molecule has 0 aliphatic rings. The van der Waals surface area contributed by atoms with Crippen LogP contribution in [0.4, 0.5) is 0 Å². The van der Waals surface area contributed by atoms with Crippen LogP contribution in [0.2, 0.25) is 5.04 Å². The lowest BCUT2D eigenvalue weighted by Crippen LogP contribution is -2.68. The summed E-state index contributed by atoms with van der Waals surface area (Å²) < 4.78 is 13.4. The Morgan fingerprint density at radius 3 is 1.70 bits per heavy atom. The SMILES string of the molecule is Cc1ccc(O[Si](c2ccccc2)(c2ccccc2)C(C)(C)C)cc1OCc1ccccc1. The molecule has 0 aromatic heterocycles. The third-order valence-corrected chi connectivity index (χ3v) is 11.0. The van der Waals surface area contributed by atoms with Gasteiger partial charge < -0.3 is 9.16 Å². The molecule has 0 amide bonds. The number of benzene rings is 4. The van der Waals surface area contributed by atoms with Crippen LogP contribution in [0.3, 0.4) is 0 Å². The predicted octanol–water partition coefficient (Wildman–Crippen LogP) is 6.51. The molecular weight excluding hydrogens is 420 g/mol. The summed E-state index contributed by atoms with van der Waals surface area (Å²) in [6.45, 7) is 9.48. The molecule has 2 nitrogen and oxygen atoms in total. The van der Waals surface area contributed by atoms with E-state index in [1.165, 1.54) is 10.4 Å². The van der Waals surface area contributed by atoms with Crippen LogP contribution < -0.4 is 19.5 Å². The van der Waals surface area contributed by atoms with Gasteiger partial charge >= 0.3 is 8.32 Å². The van der Waals surface area contributed by atoms with Crippen molar-refractivity contribution in [3.63, 3.8) is 0 Å². The molecule has 0 heterocycles. The molecule has 0 spiro atoms. The van der Waals surface area contributed by atoms with E-state index >= 15 is 0 Å². The normalized spacial score (nSPS) is 11.8. The van der Waals surface area contributed by atoms with E-state index in [-0.39, 0.29) is 5.04 Å². The number of aryl methyl sites for hydroxylation is 1. The summed E-state index contributed by atoms with van der Waals surface area (Å²) in [4.78, 5) is 0. The van der Waals surface area contributed by atoms with Gasteiger partial charge in [0.25, 0.3) is 0 Å². The lowest BCUT2D eigenvalue weighted by molar-refractivity contribution is 0.303. The van der Waals surface area contributed by atoms with Gasteiger partial charge in [0.05, 0.1) is 0 Å². The van der Waals surface area contributed by atoms with Gasteiger partial charge in [-0.15, -0.1) is 0 Å². The fourth-order valence-electron chi connectivity index (χ4n) is 4.36. The smallest absolute Gasteiger partial charge is 0.319 e. The highest BCUT2D eigenvalue weighted by Crippen LogP contribution is 2.38. The van der Waals surface area contributed by atoms with E-state index in [1.54, 1.807) is 0 Å². The lowest BCUT2D eigenvalue weighted by Gasteiger charge is -2.43. The molecule has 0 N–H and O–H groups in total. The molecule has 0 radical (unpaired) electrons. The molecule has 33 heavy (non-hydrogen) atoms. The summed E-state index contributed by atoms with van der Waals surface area (Å²) in [5.74, 6) is 1.70. The monoisotopic (exact) mass is 452 g/mol. The molecule has 4 rings (SSSR count). The Labute approximate surface area is 199 Å². The molecule has 0 saturated carbocycles. The molecule has 168 valence electrons. The fourth-order valence-corrected chi connectivity index (χ4v) is 8.77. The van der Waals surface area contributed by atoms with Gasteiger partial charge in [-0.1, -0.05) is 118 Å². The van der Waals surface area contributed by atoms with Crippen molar-refractivity contribution in [1.29, 1.82) is 0 Å². The zero-order valence-electron chi connectivity index (χ0n) is 19.9. The van der Waals surface area contributed by atoms with Crippen molar-refractivity contribution in [1.82, 2.24) is 0 Å². The Kier molecular flexibility index (Phi) is 6.71. The second kappa shape index (κ2) is 9.68. The molecule has 0 bridgehead atoms. The Morgan fingerprint density at radius 1 is 0.667 bits per heavy atom. The number of rotatable bonds is 7. The maximum Gasteiger partial charge on any atom is 0.319 e. The van der Waals surface area contributed by atoms with Gasteiger partial charge in [-0.05, 0) is 39.5 Å². The molecule has 0 fully saturated rings. The molecular formula is C30H32O2Si. The highest BCUT2D eigenvalue weighted by Gasteiger charge is 2.52. The van der Waals surface area contributed by atoms with E-state index in [1.807, 2.05) is 18.2 Å². The summed E-state index contributed by atoms with van der Waals surface area (Å²) in [5, 5.41) is 2.43. The van der Waals surface area contributed by atoms with Crippen LogP contribution in [0.5, 0.6) is 11.5 Å². The van der Waals surface area contributed by atoms with Crippen molar-refractivity contribution in [2.75, 3.05) is 0 Å². The van der Waals surface area contributed by atoms with Crippen LogP contribution in [0.15, 0.2) is 109 Å². The highest BCUT2D eigenvalue weighted by atomic mass is 28.4. The molecule has 3 heteroatoms. The van der Waals surface area contributed by atoms with Gasteiger partial charge in [0.2, 0.25) is 0 Å². The second-order valence-electron chi connectivity index (χ2n) is 9.47. The number of ether oxygens (including phenoxy) is 1. The van der Waals surface area contributed by atoms with Crippen LogP contribution in [0, 0.1) is 6.92 Å². The Balaban J connectivity index is 1.76. The van der Waals surface area contributed by atoms with Crippen LogP contribution >= 0.6 is 0 Å². The minimum Gasteiger partial charge on any atom is -0.534 e. The maximum atomic E-state index is 7.15. The molecule has 0 aliphatic carbocycles. The quantitative estimate of drug-likeness (QED) is 0.298. The zero-order valence-corrected chi connectivity index (χ0v) is 20.9. The van der Waals surface area contributed by atoms with Crippen molar-refractivity contribution in [3.8, 4) is 11.5 Å². The summed E-state index contributed by atoms with van der Waals surface area (Å²) in [6.07, 6.45) is 0. The average Bonchev–Trinajstić information content (AvgIpc) is 2.83. The lowest BCUT2D eigenvalue weighted by atomic mass is 10.2. The van der Waals surface area contributed by atoms with Gasteiger partial charge in [0.1, 0.15) is 18.1 Å². The standard InChI is InChI=1S/C30H32O2Si/c1-24-20-21-26(22-29(24)31-23-25-14-8-5-9-15-25)32-33(30(2,3)4,27-16-10-6-11-17-27)28-18-12-7-13-19-28/h5-22H,23H2,1-4H3. The predicted molar refractivity (Wildman–Crippen MR) is 140 cm³/mol. The number of hydrogen-bond acceptors (Lipinski definition) is 2. The molecule has 0 unspecified atom stereocenters. The van der Waals surface area contributed by atoms with Crippen molar-refractivity contribution >= 4 is 18.7 Å². The Bertz CT molecular complexity index is 1130. The first-order valence-corrected chi connectivity index (χ1v) is 13.4. The van der Waals surface area contributed by atoms with E-state index in [4.69, 9.17) is 9.16 Å². The van der Waals surface area contributed by atoms with Crippen LogP contribution in [-0.2, 0) is 6.61 Å². The first-order chi connectivity index (χ1) is 15.9. The van der Waals surface area contributed by atoms with E-state index in [2.05, 4.69) is 119 Å². The Morgan fingerprint density at radius 2 is 1.18 bits per heavy atom. The van der Waals surface area contributed by atoms with Gasteiger partial charge in [-0.3, -0.25) is 0 Å². The molecule has 4 aromatic carbocycles. The second-order valence-corrected chi connectivity index (χ2v) is 13.7. The van der Waals surface area contributed by atoms with Crippen molar-refractivity contribution in [2.24, 2.45) is 0 Å². The summed E-state index contributed by atoms with van der Waals surface area (Å²) >= 11 is 0. The van der Waals surface area contributed by atoms with Crippen LogP contribution in [0.1, 0.15) is 31.9 Å². The first-order valence-electron chi connectivity index (χ1n) is 11.5. The van der Waals surface area contributed by atoms with Gasteiger partial charge in [0.15, 0.2) is 0 Å². The number of hydrogen-bond donors (Lipinski definition) is 0. The molecule has 0 saturated heterocycles. The topological polar surface area (TPSA) is 18.5 Å². The van der Waals surface area contributed by atoms with Crippen molar-refractivity contribution in [3.05, 3.63) is 120 Å². The van der Waals surface area contributed by atoms with Crippen LogP contribution in [-0.4, -0.2) is 8.32 Å². The van der Waals surface area contributed by atoms with Crippen molar-refractivity contribution in [2.45, 2.75) is 39.3 Å². The van der Waals surface area contributed by atoms with Crippen LogP contribution in [0.25, 0.3) is 0 Å².